The van der Waals surface area contributed by atoms with Gasteiger partial charge in [0.15, 0.2) is 0 Å². The number of fused-ring (bicyclic) bond motifs is 4. The maximum Gasteiger partial charge on any atom is 0.283 e. The molecule has 2 heterocycles. The van der Waals surface area contributed by atoms with Crippen LogP contribution in [0.1, 0.15) is 37.3 Å². The predicted octanol–water partition coefficient (Wildman–Crippen LogP) is 4.39. The molecule has 2 unspecified atom stereocenters. The minimum absolute atomic E-state index is 0.0460. The molecule has 7 heteroatoms. The third-order valence-corrected chi connectivity index (χ3v) is 6.81. The second-order valence-electron chi connectivity index (χ2n) is 8.37. The van der Waals surface area contributed by atoms with Gasteiger partial charge >= 0.3 is 0 Å². The van der Waals surface area contributed by atoms with Crippen LogP contribution in [0.15, 0.2) is 41.4 Å². The molecule has 3 aliphatic rings. The number of nitrogens with two attached hydrogens (primary N) is 1. The summed E-state index contributed by atoms with van der Waals surface area (Å²) in [7, 11) is 0. The molecule has 0 radical (unpaired) electrons. The molecular weight excluding hydrogens is 414 g/mol. The number of amidine groups is 1. The van der Waals surface area contributed by atoms with Crippen molar-refractivity contribution in [2.75, 3.05) is 13.2 Å². The van der Waals surface area contributed by atoms with Crippen molar-refractivity contribution in [2.24, 2.45) is 16.6 Å². The Kier molecular flexibility index (Phi) is 5.04. The standard InChI is InChI=1S/C24H24ClN3O3/c1-2-29-18-4-6-22-20(11-18)24(13-30-23(27)28-24)19-10-15(3-5-21(19)31-22)16-7-14(12-26)8-17(25)9-16/h3,5,7-10,18,20,22H,2,4,6,11,13H2,1H3,(H2,27,28)/t18-,20-,22?,24?/m0/s1. The Bertz CT molecular complexity index is 1100. The lowest BCUT2D eigenvalue weighted by atomic mass is 9.67. The largest absolute Gasteiger partial charge is 0.490 e. The summed E-state index contributed by atoms with van der Waals surface area (Å²) in [5.74, 6) is 0.917. The fourth-order valence-corrected chi connectivity index (χ4v) is 5.48. The molecule has 4 atom stereocenters. The first-order valence-electron chi connectivity index (χ1n) is 10.6. The first-order valence-corrected chi connectivity index (χ1v) is 11.0. The molecule has 1 saturated carbocycles. The highest BCUT2D eigenvalue weighted by Gasteiger charge is 2.55. The van der Waals surface area contributed by atoms with Gasteiger partial charge in [-0.15, -0.1) is 0 Å². The van der Waals surface area contributed by atoms with E-state index in [0.29, 0.717) is 23.8 Å². The van der Waals surface area contributed by atoms with Gasteiger partial charge in [0, 0.05) is 23.1 Å². The van der Waals surface area contributed by atoms with Gasteiger partial charge in [0.1, 0.15) is 24.0 Å². The lowest BCUT2D eigenvalue weighted by Gasteiger charge is -2.47. The van der Waals surface area contributed by atoms with Crippen LogP contribution >= 0.6 is 11.6 Å². The van der Waals surface area contributed by atoms with Crippen LogP contribution < -0.4 is 10.5 Å². The SMILES string of the molecule is CCO[C@H]1CCC2Oc3ccc(-c4cc(Cl)cc(C#N)c4)cc3C3(COC(N)=N3)[C@H]2C1. The van der Waals surface area contributed by atoms with Crippen LogP contribution in [-0.2, 0) is 15.0 Å². The summed E-state index contributed by atoms with van der Waals surface area (Å²) in [4.78, 5) is 4.84. The van der Waals surface area contributed by atoms with Gasteiger partial charge in [-0.1, -0.05) is 17.7 Å². The lowest BCUT2D eigenvalue weighted by Crippen LogP contribution is -2.52. The maximum absolute atomic E-state index is 9.33. The predicted molar refractivity (Wildman–Crippen MR) is 118 cm³/mol. The number of hydrogen-bond donors (Lipinski definition) is 1. The zero-order chi connectivity index (χ0) is 21.6. The van der Waals surface area contributed by atoms with Crippen LogP contribution in [0.4, 0.5) is 0 Å². The number of nitrogens with zero attached hydrogens (tertiary/aromatic N) is 2. The van der Waals surface area contributed by atoms with E-state index in [0.717, 1.165) is 41.7 Å². The van der Waals surface area contributed by atoms with Gasteiger partial charge in [0.25, 0.3) is 6.02 Å². The Labute approximate surface area is 186 Å². The second-order valence-corrected chi connectivity index (χ2v) is 8.80. The van der Waals surface area contributed by atoms with Crippen LogP contribution in [0.3, 0.4) is 0 Å². The molecule has 0 saturated heterocycles. The van der Waals surface area contributed by atoms with E-state index in [-0.39, 0.29) is 24.1 Å². The Balaban J connectivity index is 1.62. The molecule has 2 aromatic carbocycles. The number of benzene rings is 2. The minimum Gasteiger partial charge on any atom is -0.490 e. The Morgan fingerprint density at radius 2 is 2.13 bits per heavy atom. The van der Waals surface area contributed by atoms with E-state index >= 15 is 0 Å². The monoisotopic (exact) mass is 437 g/mol. The molecule has 0 bridgehead atoms. The molecule has 0 amide bonds. The summed E-state index contributed by atoms with van der Waals surface area (Å²) in [5, 5.41) is 9.86. The first kappa shape index (κ1) is 20.2. The van der Waals surface area contributed by atoms with Gasteiger partial charge in [0.05, 0.1) is 17.7 Å². The summed E-state index contributed by atoms with van der Waals surface area (Å²) >= 11 is 6.25. The summed E-state index contributed by atoms with van der Waals surface area (Å²) < 4.78 is 18.1. The van der Waals surface area contributed by atoms with Crippen molar-refractivity contribution in [3.8, 4) is 22.9 Å². The van der Waals surface area contributed by atoms with E-state index in [1.807, 2.05) is 31.2 Å². The zero-order valence-electron chi connectivity index (χ0n) is 17.3. The molecule has 5 rings (SSSR count). The fraction of sp³-hybridized carbons (Fsp3) is 0.417. The summed E-state index contributed by atoms with van der Waals surface area (Å²) in [6.07, 6.45) is 2.95. The number of nitriles is 1. The third-order valence-electron chi connectivity index (χ3n) is 6.59. The molecule has 1 fully saturated rings. The van der Waals surface area contributed by atoms with E-state index < -0.39 is 5.54 Å². The van der Waals surface area contributed by atoms with Gasteiger partial charge in [-0.3, -0.25) is 0 Å². The van der Waals surface area contributed by atoms with Gasteiger partial charge < -0.3 is 19.9 Å². The topological polar surface area (TPSA) is 89.9 Å². The summed E-state index contributed by atoms with van der Waals surface area (Å²) in [6.45, 7) is 3.10. The van der Waals surface area contributed by atoms with Crippen LogP contribution in [0.25, 0.3) is 11.1 Å². The Hall–Kier alpha value is -2.75. The van der Waals surface area contributed by atoms with Gasteiger partial charge in [0.2, 0.25) is 0 Å². The van der Waals surface area contributed by atoms with Crippen LogP contribution in [0.2, 0.25) is 5.02 Å². The van der Waals surface area contributed by atoms with Gasteiger partial charge in [-0.2, -0.15) is 5.26 Å². The maximum atomic E-state index is 9.33. The Morgan fingerprint density at radius 1 is 1.26 bits per heavy atom. The van der Waals surface area contributed by atoms with Crippen molar-refractivity contribution in [1.82, 2.24) is 0 Å². The van der Waals surface area contributed by atoms with Crippen molar-refractivity contribution >= 4 is 17.6 Å². The average molecular weight is 438 g/mol. The molecule has 1 spiro atoms. The lowest BCUT2D eigenvalue weighted by molar-refractivity contribution is -0.0595. The van der Waals surface area contributed by atoms with E-state index in [9.17, 15) is 5.26 Å². The number of rotatable bonds is 3. The highest BCUT2D eigenvalue weighted by atomic mass is 35.5. The fourth-order valence-electron chi connectivity index (χ4n) is 5.24. The number of hydrogen-bond acceptors (Lipinski definition) is 6. The molecule has 160 valence electrons. The van der Waals surface area contributed by atoms with Crippen molar-refractivity contribution in [2.45, 2.75) is 43.9 Å². The second kappa shape index (κ2) is 7.74. The molecule has 31 heavy (non-hydrogen) atoms. The van der Waals surface area contributed by atoms with Gasteiger partial charge in [-0.05, 0) is 67.6 Å². The zero-order valence-corrected chi connectivity index (χ0v) is 18.1. The molecule has 2 N–H and O–H groups in total. The number of aliphatic imine (C=N–C) groups is 1. The molecular formula is C24H24ClN3O3. The summed E-state index contributed by atoms with van der Waals surface area (Å²) in [6, 6.07) is 13.8. The quantitative estimate of drug-likeness (QED) is 0.769. The van der Waals surface area contributed by atoms with E-state index in [1.54, 1.807) is 6.07 Å². The van der Waals surface area contributed by atoms with Gasteiger partial charge in [-0.25, -0.2) is 4.99 Å². The number of ether oxygens (including phenoxy) is 3. The van der Waals surface area contributed by atoms with Crippen LogP contribution in [0.5, 0.6) is 5.75 Å². The van der Waals surface area contributed by atoms with Crippen molar-refractivity contribution in [1.29, 1.82) is 5.26 Å². The first-order chi connectivity index (χ1) is 15.0. The molecule has 1 aliphatic carbocycles. The van der Waals surface area contributed by atoms with Crippen LogP contribution in [-0.4, -0.2) is 31.4 Å². The molecule has 0 aromatic heterocycles. The molecule has 2 aromatic rings. The van der Waals surface area contributed by atoms with Crippen LogP contribution in [0, 0.1) is 17.2 Å². The van der Waals surface area contributed by atoms with E-state index in [4.69, 9.17) is 36.5 Å². The third kappa shape index (κ3) is 3.42. The number of halogens is 1. The molecule has 6 nitrogen and oxygen atoms in total. The smallest absolute Gasteiger partial charge is 0.283 e. The van der Waals surface area contributed by atoms with Crippen molar-refractivity contribution in [3.05, 3.63) is 52.5 Å². The Morgan fingerprint density at radius 3 is 2.87 bits per heavy atom. The average Bonchev–Trinajstić information content (AvgIpc) is 3.16. The normalized spacial score (nSPS) is 28.7. The van der Waals surface area contributed by atoms with E-state index in [1.165, 1.54) is 0 Å². The van der Waals surface area contributed by atoms with Crippen molar-refractivity contribution < 1.29 is 14.2 Å². The van der Waals surface area contributed by atoms with E-state index in [2.05, 4.69) is 12.1 Å². The van der Waals surface area contributed by atoms with Crippen molar-refractivity contribution in [3.63, 3.8) is 0 Å². The highest BCUT2D eigenvalue weighted by Crippen LogP contribution is 2.53. The molecule has 2 aliphatic heterocycles. The summed E-state index contributed by atoms with van der Waals surface area (Å²) in [5.41, 5.74) is 8.71. The minimum atomic E-state index is -0.606. The highest BCUT2D eigenvalue weighted by molar-refractivity contribution is 6.31.